The Labute approximate surface area is 222 Å². The molecule has 7 nitrogen and oxygen atoms in total. The Hall–Kier alpha value is -4.08. The molecular formula is C29H26F3N3O4. The summed E-state index contributed by atoms with van der Waals surface area (Å²) in [4.78, 5) is 42.4. The molecule has 1 aliphatic carbocycles. The lowest BCUT2D eigenvalue weighted by Gasteiger charge is -2.37. The van der Waals surface area contributed by atoms with Gasteiger partial charge in [0.2, 0.25) is 5.43 Å². The molecule has 1 saturated carbocycles. The first-order chi connectivity index (χ1) is 18.8. The van der Waals surface area contributed by atoms with E-state index in [2.05, 4.69) is 5.32 Å². The van der Waals surface area contributed by atoms with Crippen LogP contribution >= 0.6 is 0 Å². The summed E-state index contributed by atoms with van der Waals surface area (Å²) in [5.41, 5.74) is -0.763. The molecule has 39 heavy (non-hydrogen) atoms. The highest BCUT2D eigenvalue weighted by molar-refractivity contribution is 5.99. The predicted molar refractivity (Wildman–Crippen MR) is 135 cm³/mol. The Bertz CT molecular complexity index is 1500. The van der Waals surface area contributed by atoms with Gasteiger partial charge in [0.05, 0.1) is 6.04 Å². The molecule has 6 rings (SSSR count). The van der Waals surface area contributed by atoms with Crippen molar-refractivity contribution < 1.29 is 27.5 Å². The lowest BCUT2D eigenvalue weighted by atomic mass is 9.87. The van der Waals surface area contributed by atoms with Crippen LogP contribution in [-0.4, -0.2) is 33.4 Å². The molecule has 202 valence electrons. The zero-order valence-electron chi connectivity index (χ0n) is 21.0. The van der Waals surface area contributed by atoms with Crippen LogP contribution in [0.5, 0.6) is 5.75 Å². The first-order valence-corrected chi connectivity index (χ1v) is 13.0. The van der Waals surface area contributed by atoms with E-state index < -0.39 is 40.9 Å². The van der Waals surface area contributed by atoms with E-state index in [1.165, 1.54) is 6.20 Å². The van der Waals surface area contributed by atoms with Crippen molar-refractivity contribution in [3.05, 3.63) is 98.7 Å². The third-order valence-corrected chi connectivity index (χ3v) is 8.04. The number of pyridine rings is 1. The van der Waals surface area contributed by atoms with E-state index in [0.29, 0.717) is 24.6 Å². The maximum atomic E-state index is 14.1. The van der Waals surface area contributed by atoms with Crippen molar-refractivity contribution in [2.45, 2.75) is 57.5 Å². The molecule has 1 saturated heterocycles. The van der Waals surface area contributed by atoms with Crippen molar-refractivity contribution in [2.75, 3.05) is 0 Å². The second kappa shape index (κ2) is 9.91. The molecule has 1 unspecified atom stereocenters. The van der Waals surface area contributed by atoms with Crippen molar-refractivity contribution in [1.82, 2.24) is 14.8 Å². The molecule has 1 N–H and O–H groups in total. The van der Waals surface area contributed by atoms with Gasteiger partial charge in [-0.1, -0.05) is 36.8 Å². The number of hydrogen-bond donors (Lipinski definition) is 1. The third kappa shape index (κ3) is 4.47. The van der Waals surface area contributed by atoms with E-state index in [1.807, 2.05) is 35.2 Å². The van der Waals surface area contributed by atoms with Gasteiger partial charge in [0.1, 0.15) is 29.6 Å². The van der Waals surface area contributed by atoms with Gasteiger partial charge in [-0.2, -0.15) is 0 Å². The van der Waals surface area contributed by atoms with E-state index in [0.717, 1.165) is 31.2 Å². The minimum Gasteiger partial charge on any atom is -0.483 e. The van der Waals surface area contributed by atoms with Crippen LogP contribution in [0.1, 0.15) is 57.7 Å². The molecule has 0 spiro atoms. The molecule has 0 radical (unpaired) electrons. The predicted octanol–water partition coefficient (Wildman–Crippen LogP) is 4.17. The molecule has 3 aliphatic rings. The van der Waals surface area contributed by atoms with Gasteiger partial charge in [-0.15, -0.1) is 0 Å². The van der Waals surface area contributed by atoms with Crippen molar-refractivity contribution in [2.24, 2.45) is 5.92 Å². The fourth-order valence-corrected chi connectivity index (χ4v) is 6.21. The quantitative estimate of drug-likeness (QED) is 0.512. The minimum atomic E-state index is -1.15. The number of benzene rings is 2. The van der Waals surface area contributed by atoms with E-state index in [4.69, 9.17) is 4.74 Å². The summed E-state index contributed by atoms with van der Waals surface area (Å²) in [7, 11) is 0. The fourth-order valence-electron chi connectivity index (χ4n) is 6.21. The van der Waals surface area contributed by atoms with Crippen molar-refractivity contribution in [1.29, 1.82) is 0 Å². The first kappa shape index (κ1) is 25.2. The normalized spacial score (nSPS) is 21.4. The largest absolute Gasteiger partial charge is 0.483 e. The minimum absolute atomic E-state index is 0.00289. The van der Waals surface area contributed by atoms with Gasteiger partial charge < -0.3 is 19.5 Å². The molecule has 2 aromatic carbocycles. The van der Waals surface area contributed by atoms with Gasteiger partial charge in [-0.25, -0.2) is 13.2 Å². The average molecular weight is 538 g/mol. The molecule has 3 heterocycles. The van der Waals surface area contributed by atoms with Crippen LogP contribution in [-0.2, 0) is 19.7 Å². The summed E-state index contributed by atoms with van der Waals surface area (Å²) in [6.07, 6.45) is 5.21. The molecule has 2 amide bonds. The van der Waals surface area contributed by atoms with Crippen LogP contribution in [0, 0.1) is 23.4 Å². The maximum Gasteiger partial charge on any atom is 0.275 e. The number of fused-ring (bicyclic) bond motifs is 6. The van der Waals surface area contributed by atoms with Gasteiger partial charge in [0.15, 0.2) is 11.4 Å². The summed E-state index contributed by atoms with van der Waals surface area (Å²) in [6, 6.07) is 10.2. The van der Waals surface area contributed by atoms with Crippen LogP contribution in [0.3, 0.4) is 0 Å². The van der Waals surface area contributed by atoms with Gasteiger partial charge in [-0.05, 0) is 30.7 Å². The third-order valence-electron chi connectivity index (χ3n) is 8.04. The Balaban J connectivity index is 1.36. The topological polar surface area (TPSA) is 80.6 Å². The number of carbonyl (C=O) groups is 2. The molecule has 3 atom stereocenters. The molecular weight excluding hydrogens is 511 g/mol. The van der Waals surface area contributed by atoms with Crippen LogP contribution in [0.4, 0.5) is 13.2 Å². The van der Waals surface area contributed by atoms with Gasteiger partial charge in [0, 0.05) is 43.0 Å². The molecule has 1 aromatic heterocycles. The summed E-state index contributed by atoms with van der Waals surface area (Å²) < 4.78 is 49.0. The summed E-state index contributed by atoms with van der Waals surface area (Å²) >= 11 is 0. The van der Waals surface area contributed by atoms with Crippen molar-refractivity contribution in [3.8, 4) is 5.75 Å². The van der Waals surface area contributed by atoms with E-state index in [9.17, 15) is 27.6 Å². The number of carbonyl (C=O) groups excluding carboxylic acids is 2. The highest BCUT2D eigenvalue weighted by Gasteiger charge is 2.50. The zero-order valence-corrected chi connectivity index (χ0v) is 21.0. The number of hydrogen-bond acceptors (Lipinski definition) is 4. The van der Waals surface area contributed by atoms with E-state index >= 15 is 0 Å². The smallest absolute Gasteiger partial charge is 0.275 e. The molecule has 10 heteroatoms. The summed E-state index contributed by atoms with van der Waals surface area (Å²) in [5.74, 6) is -4.44. The average Bonchev–Trinajstić information content (AvgIpc) is 3.16. The van der Waals surface area contributed by atoms with Crippen LogP contribution in [0.2, 0.25) is 0 Å². The highest BCUT2D eigenvalue weighted by Crippen LogP contribution is 2.44. The van der Waals surface area contributed by atoms with Gasteiger partial charge >= 0.3 is 0 Å². The molecule has 2 bridgehead atoms. The number of nitrogens with zero attached hydrogens (tertiary/aromatic N) is 2. The first-order valence-electron chi connectivity index (χ1n) is 13.0. The second-order valence-corrected chi connectivity index (χ2v) is 10.4. The van der Waals surface area contributed by atoms with Gasteiger partial charge in [0.25, 0.3) is 11.8 Å². The number of amides is 2. The Morgan fingerprint density at radius 1 is 1.05 bits per heavy atom. The van der Waals surface area contributed by atoms with Crippen LogP contribution < -0.4 is 15.5 Å². The standard InChI is InChI=1S/C29H26F3N3O4/c30-18-10-22(31)20(23(32)11-18)12-33-28(37)21-13-34-14-24-17-7-4-8-19(9-17)35(24)29(38)25(34)27(26(21)36)39-15-16-5-2-1-3-6-16/h1-3,5-6,10-11,13,17,19,24H,4,7-9,12,14-15H2,(H,33,37)/t17-,19+,24?/m1/s1. The Morgan fingerprint density at radius 3 is 2.54 bits per heavy atom. The summed E-state index contributed by atoms with van der Waals surface area (Å²) in [5, 5.41) is 2.35. The lowest BCUT2D eigenvalue weighted by Crippen LogP contribution is -2.50. The number of rotatable bonds is 6. The number of ether oxygens (including phenoxy) is 1. The second-order valence-electron chi connectivity index (χ2n) is 10.4. The van der Waals surface area contributed by atoms with E-state index in [1.54, 1.807) is 4.57 Å². The van der Waals surface area contributed by atoms with Crippen molar-refractivity contribution in [3.63, 3.8) is 0 Å². The fraction of sp³-hybridized carbons (Fsp3) is 0.345. The lowest BCUT2D eigenvalue weighted by molar-refractivity contribution is 0.0565. The molecule has 2 aliphatic heterocycles. The number of halogens is 3. The number of aromatic nitrogens is 1. The van der Waals surface area contributed by atoms with Crippen LogP contribution in [0.15, 0.2) is 53.5 Å². The molecule has 3 aromatic rings. The Morgan fingerprint density at radius 2 is 1.79 bits per heavy atom. The van der Waals surface area contributed by atoms with Gasteiger partial charge in [-0.3, -0.25) is 14.4 Å². The van der Waals surface area contributed by atoms with E-state index in [-0.39, 0.29) is 41.6 Å². The summed E-state index contributed by atoms with van der Waals surface area (Å²) in [6.45, 7) is -0.189. The highest BCUT2D eigenvalue weighted by atomic mass is 19.1. The Kier molecular flexibility index (Phi) is 6.40. The SMILES string of the molecule is O=C(NCc1c(F)cc(F)cc1F)c1cn2c(c(OCc3ccccc3)c1=O)C(=O)N1C(C2)[C@@H]2CCC[C@H]1C2. The number of nitrogens with one attached hydrogen (secondary N) is 1. The van der Waals surface area contributed by atoms with Crippen LogP contribution in [0.25, 0.3) is 0 Å². The van der Waals surface area contributed by atoms with Crippen molar-refractivity contribution >= 4 is 11.8 Å². The monoisotopic (exact) mass is 537 g/mol. The maximum absolute atomic E-state index is 14.1. The zero-order chi connectivity index (χ0) is 27.3. The molecule has 2 fully saturated rings.